The summed E-state index contributed by atoms with van der Waals surface area (Å²) in [7, 11) is -3.95. The molecular formula is C12H14N4O4S. The molecule has 8 nitrogen and oxygen atoms in total. The van der Waals surface area contributed by atoms with E-state index in [1.165, 1.54) is 12.1 Å². The summed E-state index contributed by atoms with van der Waals surface area (Å²) < 4.78 is 27.0. The number of aromatic nitrogens is 2. The molecule has 0 unspecified atom stereocenters. The second kappa shape index (κ2) is 5.17. The summed E-state index contributed by atoms with van der Waals surface area (Å²) in [6.45, 7) is 4.80. The second-order valence-electron chi connectivity index (χ2n) is 4.65. The molecule has 0 aliphatic heterocycles. The fraction of sp³-hybridized carbons (Fsp3) is 0.250. The van der Waals surface area contributed by atoms with Crippen LogP contribution < -0.4 is 4.72 Å². The van der Waals surface area contributed by atoms with Gasteiger partial charge in [-0.15, -0.1) is 0 Å². The van der Waals surface area contributed by atoms with Gasteiger partial charge in [-0.1, -0.05) is 6.07 Å². The van der Waals surface area contributed by atoms with Crippen LogP contribution in [0.2, 0.25) is 0 Å². The van der Waals surface area contributed by atoms with Crippen LogP contribution >= 0.6 is 0 Å². The molecule has 0 fully saturated rings. The van der Waals surface area contributed by atoms with Gasteiger partial charge in [0.15, 0.2) is 0 Å². The number of anilines is 1. The summed E-state index contributed by atoms with van der Waals surface area (Å²) >= 11 is 0. The van der Waals surface area contributed by atoms with E-state index in [2.05, 4.69) is 14.9 Å². The van der Waals surface area contributed by atoms with E-state index in [0.29, 0.717) is 17.0 Å². The number of nitro groups is 1. The van der Waals surface area contributed by atoms with Crippen molar-refractivity contribution in [2.45, 2.75) is 25.7 Å². The number of benzene rings is 1. The van der Waals surface area contributed by atoms with Gasteiger partial charge in [-0.05, 0) is 32.4 Å². The molecule has 0 aliphatic rings. The van der Waals surface area contributed by atoms with Gasteiger partial charge < -0.3 is 0 Å². The van der Waals surface area contributed by atoms with Crippen LogP contribution in [0, 0.1) is 30.9 Å². The highest BCUT2D eigenvalue weighted by atomic mass is 32.2. The lowest BCUT2D eigenvalue weighted by Crippen LogP contribution is -2.15. The van der Waals surface area contributed by atoms with Crippen molar-refractivity contribution in [3.8, 4) is 0 Å². The van der Waals surface area contributed by atoms with Gasteiger partial charge in [-0.2, -0.15) is 5.10 Å². The van der Waals surface area contributed by atoms with Crippen molar-refractivity contribution < 1.29 is 13.3 Å². The van der Waals surface area contributed by atoms with Crippen LogP contribution in [0.4, 0.5) is 11.4 Å². The smallest absolute Gasteiger partial charge is 0.281 e. The topological polar surface area (TPSA) is 118 Å². The second-order valence-corrected chi connectivity index (χ2v) is 6.27. The third-order valence-electron chi connectivity index (χ3n) is 2.92. The molecule has 0 atom stereocenters. The summed E-state index contributed by atoms with van der Waals surface area (Å²) in [5.74, 6) is 0. The molecule has 2 aromatic rings. The quantitative estimate of drug-likeness (QED) is 0.661. The van der Waals surface area contributed by atoms with Gasteiger partial charge >= 0.3 is 0 Å². The fourth-order valence-corrected chi connectivity index (χ4v) is 3.46. The highest BCUT2D eigenvalue weighted by Crippen LogP contribution is 2.28. The van der Waals surface area contributed by atoms with Crippen LogP contribution in [0.5, 0.6) is 0 Å². The van der Waals surface area contributed by atoms with Crippen LogP contribution in [0.1, 0.15) is 17.0 Å². The maximum absolute atomic E-state index is 12.4. The Labute approximate surface area is 121 Å². The largest absolute Gasteiger partial charge is 0.293 e. The molecule has 0 saturated heterocycles. The van der Waals surface area contributed by atoms with E-state index in [9.17, 15) is 18.5 Å². The van der Waals surface area contributed by atoms with Crippen LogP contribution in [-0.2, 0) is 10.0 Å². The fourth-order valence-electron chi connectivity index (χ4n) is 2.01. The number of nitrogens with zero attached hydrogens (tertiary/aromatic N) is 2. The zero-order valence-electron chi connectivity index (χ0n) is 11.7. The summed E-state index contributed by atoms with van der Waals surface area (Å²) in [6, 6.07) is 4.28. The molecule has 0 spiro atoms. The SMILES string of the molecule is Cc1ccc(NS(=O)(=O)c2c(C)n[nH]c2C)c([N+](=O)[O-])c1. The molecule has 2 rings (SSSR count). The number of sulfonamides is 1. The van der Waals surface area contributed by atoms with Gasteiger partial charge in [-0.3, -0.25) is 19.9 Å². The monoisotopic (exact) mass is 310 g/mol. The highest BCUT2D eigenvalue weighted by molar-refractivity contribution is 7.92. The van der Waals surface area contributed by atoms with Crippen molar-refractivity contribution in [1.82, 2.24) is 10.2 Å². The molecule has 2 N–H and O–H groups in total. The summed E-state index contributed by atoms with van der Waals surface area (Å²) in [6.07, 6.45) is 0. The van der Waals surface area contributed by atoms with Crippen molar-refractivity contribution in [2.75, 3.05) is 4.72 Å². The Hall–Kier alpha value is -2.42. The van der Waals surface area contributed by atoms with Crippen LogP contribution in [0.15, 0.2) is 23.1 Å². The van der Waals surface area contributed by atoms with Gasteiger partial charge in [0.05, 0.1) is 16.3 Å². The zero-order valence-corrected chi connectivity index (χ0v) is 12.5. The van der Waals surface area contributed by atoms with E-state index in [-0.39, 0.29) is 16.3 Å². The Bertz CT molecular complexity index is 791. The Balaban J connectivity index is 2.50. The van der Waals surface area contributed by atoms with Crippen LogP contribution in [0.3, 0.4) is 0 Å². The number of nitro benzene ring substituents is 1. The van der Waals surface area contributed by atoms with Gasteiger partial charge in [0.25, 0.3) is 15.7 Å². The summed E-state index contributed by atoms with van der Waals surface area (Å²) in [5, 5.41) is 17.4. The van der Waals surface area contributed by atoms with Crippen molar-refractivity contribution in [3.05, 3.63) is 45.3 Å². The van der Waals surface area contributed by atoms with Gasteiger partial charge in [0.1, 0.15) is 10.6 Å². The Kier molecular flexibility index (Phi) is 3.69. The first-order valence-corrected chi connectivity index (χ1v) is 7.50. The minimum atomic E-state index is -3.95. The van der Waals surface area contributed by atoms with Gasteiger partial charge in [0.2, 0.25) is 0 Å². The van der Waals surface area contributed by atoms with E-state index in [1.54, 1.807) is 26.8 Å². The van der Waals surface area contributed by atoms with Gasteiger partial charge in [-0.25, -0.2) is 8.42 Å². The normalized spacial score (nSPS) is 11.4. The molecule has 1 heterocycles. The van der Waals surface area contributed by atoms with Crippen molar-refractivity contribution in [1.29, 1.82) is 0 Å². The first kappa shape index (κ1) is 15.0. The maximum atomic E-state index is 12.4. The molecule has 0 aliphatic carbocycles. The number of hydrogen-bond donors (Lipinski definition) is 2. The van der Waals surface area contributed by atoms with Crippen molar-refractivity contribution in [3.63, 3.8) is 0 Å². The molecule has 0 saturated carbocycles. The zero-order chi connectivity index (χ0) is 15.8. The number of nitrogens with one attached hydrogen (secondary N) is 2. The molecule has 0 amide bonds. The standard InChI is InChI=1S/C12H14N4O4S/c1-7-4-5-10(11(6-7)16(17)18)15-21(19,20)12-8(2)13-14-9(12)3/h4-6,15H,1-3H3,(H,13,14). The van der Waals surface area contributed by atoms with E-state index in [0.717, 1.165) is 0 Å². The number of rotatable bonds is 4. The molecule has 0 bridgehead atoms. The molecule has 1 aromatic carbocycles. The number of H-pyrrole nitrogens is 1. The number of hydrogen-bond acceptors (Lipinski definition) is 5. The minimum absolute atomic E-state index is 0.00243. The third-order valence-corrected chi connectivity index (χ3v) is 4.55. The van der Waals surface area contributed by atoms with Crippen molar-refractivity contribution in [2.24, 2.45) is 0 Å². The molecule has 1 aromatic heterocycles. The first-order chi connectivity index (χ1) is 9.72. The lowest BCUT2D eigenvalue weighted by molar-refractivity contribution is -0.383. The lowest BCUT2D eigenvalue weighted by atomic mass is 10.2. The van der Waals surface area contributed by atoms with Gasteiger partial charge in [0, 0.05) is 6.07 Å². The summed E-state index contributed by atoms with van der Waals surface area (Å²) in [5.41, 5.74) is 0.966. The number of aryl methyl sites for hydroxylation is 3. The van der Waals surface area contributed by atoms with E-state index < -0.39 is 14.9 Å². The van der Waals surface area contributed by atoms with E-state index in [1.807, 2.05) is 0 Å². The Morgan fingerprint density at radius 3 is 2.48 bits per heavy atom. The molecular weight excluding hydrogens is 296 g/mol. The highest BCUT2D eigenvalue weighted by Gasteiger charge is 2.25. The van der Waals surface area contributed by atoms with Crippen LogP contribution in [-0.4, -0.2) is 23.5 Å². The molecule has 112 valence electrons. The third kappa shape index (κ3) is 2.87. The summed E-state index contributed by atoms with van der Waals surface area (Å²) in [4.78, 5) is 10.4. The molecule has 0 radical (unpaired) electrons. The van der Waals surface area contributed by atoms with Crippen LogP contribution in [0.25, 0.3) is 0 Å². The Morgan fingerprint density at radius 2 is 1.95 bits per heavy atom. The van der Waals surface area contributed by atoms with E-state index >= 15 is 0 Å². The average molecular weight is 310 g/mol. The average Bonchev–Trinajstić information content (AvgIpc) is 2.71. The predicted octanol–water partition coefficient (Wildman–Crippen LogP) is 2.04. The molecule has 21 heavy (non-hydrogen) atoms. The van der Waals surface area contributed by atoms with E-state index in [4.69, 9.17) is 0 Å². The maximum Gasteiger partial charge on any atom is 0.293 e. The lowest BCUT2D eigenvalue weighted by Gasteiger charge is -2.09. The Morgan fingerprint density at radius 1 is 1.29 bits per heavy atom. The first-order valence-electron chi connectivity index (χ1n) is 6.02. The predicted molar refractivity (Wildman–Crippen MR) is 76.7 cm³/mol. The minimum Gasteiger partial charge on any atom is -0.281 e. The molecule has 9 heteroatoms. The van der Waals surface area contributed by atoms with Crippen molar-refractivity contribution >= 4 is 21.4 Å². The number of aromatic amines is 1.